The van der Waals surface area contributed by atoms with Gasteiger partial charge < -0.3 is 15.0 Å². The molecule has 41 heavy (non-hydrogen) atoms. The van der Waals surface area contributed by atoms with E-state index in [0.717, 1.165) is 28.7 Å². The first-order valence-corrected chi connectivity index (χ1v) is 13.2. The number of carbonyl (C=O) groups is 1. The summed E-state index contributed by atoms with van der Waals surface area (Å²) in [6, 6.07) is 14.2. The van der Waals surface area contributed by atoms with Crippen molar-refractivity contribution in [2.45, 2.75) is 45.3 Å². The fraction of sp³-hybridized carbons (Fsp3) is 0.226. The van der Waals surface area contributed by atoms with Gasteiger partial charge in [0.05, 0.1) is 5.39 Å². The summed E-state index contributed by atoms with van der Waals surface area (Å²) in [6.07, 6.45) is 9.68. The number of nitrogens with zero attached hydrogens (tertiary/aromatic N) is 3. The minimum absolute atomic E-state index is 0.0399. The molecule has 5 rings (SSSR count). The standard InChI is InChI=1S/C31H31N5O5/c1-19(21-9-12-27(31(2,3)39)36(41)17-21)14-22(16-33-40)20-6-4-7-24(15-20)35-18-26(30(38)34-23-10-11-23)28(37)25-8-5-13-32-29(25)35/h4-9,12-18,23,33,39-40H,10-11H2,1-3H3,(H-,34,38,41)/p+1/b19-14+,22-16+. The van der Waals surface area contributed by atoms with E-state index >= 15 is 0 Å². The lowest BCUT2D eigenvalue weighted by molar-refractivity contribution is -0.913. The van der Waals surface area contributed by atoms with Crippen LogP contribution in [0.5, 0.6) is 0 Å². The van der Waals surface area contributed by atoms with Crippen LogP contribution in [0.25, 0.3) is 27.9 Å². The smallest absolute Gasteiger partial charge is 0.264 e. The summed E-state index contributed by atoms with van der Waals surface area (Å²) < 4.78 is 2.61. The Balaban J connectivity index is 1.57. The van der Waals surface area contributed by atoms with Gasteiger partial charge in [-0.1, -0.05) is 12.1 Å². The summed E-state index contributed by atoms with van der Waals surface area (Å²) >= 11 is 0. The summed E-state index contributed by atoms with van der Waals surface area (Å²) in [5.41, 5.74) is 4.75. The Morgan fingerprint density at radius 2 is 1.93 bits per heavy atom. The maximum Gasteiger partial charge on any atom is 0.264 e. The van der Waals surface area contributed by atoms with E-state index in [0.29, 0.717) is 33.6 Å². The third-order valence-corrected chi connectivity index (χ3v) is 6.98. The van der Waals surface area contributed by atoms with Crippen molar-refractivity contribution in [2.24, 2.45) is 0 Å². The van der Waals surface area contributed by atoms with Gasteiger partial charge in [-0.3, -0.25) is 25.5 Å². The first-order valence-electron chi connectivity index (χ1n) is 13.2. The van der Waals surface area contributed by atoms with E-state index in [-0.39, 0.29) is 17.0 Å². The highest BCUT2D eigenvalue weighted by atomic mass is 16.5. The summed E-state index contributed by atoms with van der Waals surface area (Å²) in [5, 5.41) is 33.5. The van der Waals surface area contributed by atoms with Gasteiger partial charge in [0.25, 0.3) is 11.6 Å². The minimum Gasteiger partial charge on any atom is -0.379 e. The molecule has 0 spiro atoms. The molecule has 1 fully saturated rings. The van der Waals surface area contributed by atoms with Gasteiger partial charge in [0.1, 0.15) is 16.8 Å². The number of hydrogen-bond donors (Lipinski definition) is 5. The largest absolute Gasteiger partial charge is 0.379 e. The molecule has 0 unspecified atom stereocenters. The van der Waals surface area contributed by atoms with Crippen LogP contribution in [0.2, 0.25) is 0 Å². The molecule has 3 aromatic heterocycles. The maximum absolute atomic E-state index is 13.2. The number of carbonyl (C=O) groups excluding carboxylic acids is 1. The van der Waals surface area contributed by atoms with E-state index in [2.05, 4.69) is 15.8 Å². The zero-order chi connectivity index (χ0) is 29.3. The lowest BCUT2D eigenvalue weighted by Gasteiger charge is -2.15. The van der Waals surface area contributed by atoms with Gasteiger partial charge in [-0.05, 0) is 81.2 Å². The highest BCUT2D eigenvalue weighted by Gasteiger charge is 2.29. The normalized spacial score (nSPS) is 14.3. The van der Waals surface area contributed by atoms with E-state index in [9.17, 15) is 25.1 Å². The molecule has 0 atom stereocenters. The molecule has 1 aromatic carbocycles. The number of benzene rings is 1. The van der Waals surface area contributed by atoms with E-state index < -0.39 is 11.5 Å². The lowest BCUT2D eigenvalue weighted by atomic mass is 9.99. The number of rotatable bonds is 8. The number of hydrogen-bond acceptors (Lipinski definition) is 7. The van der Waals surface area contributed by atoms with E-state index in [1.165, 1.54) is 18.6 Å². The van der Waals surface area contributed by atoms with Crippen molar-refractivity contribution in [1.29, 1.82) is 0 Å². The predicted molar refractivity (Wildman–Crippen MR) is 153 cm³/mol. The Morgan fingerprint density at radius 1 is 1.15 bits per heavy atom. The number of amides is 1. The Morgan fingerprint density at radius 3 is 2.61 bits per heavy atom. The molecule has 0 radical (unpaired) electrons. The van der Waals surface area contributed by atoms with Crippen LogP contribution in [0.3, 0.4) is 0 Å². The van der Waals surface area contributed by atoms with E-state index in [4.69, 9.17) is 0 Å². The molecule has 0 saturated heterocycles. The van der Waals surface area contributed by atoms with Crippen molar-refractivity contribution >= 4 is 28.1 Å². The Bertz CT molecular complexity index is 1760. The summed E-state index contributed by atoms with van der Waals surface area (Å²) in [5.74, 6) is -0.409. The Hall–Kier alpha value is -4.80. The van der Waals surface area contributed by atoms with Crippen LogP contribution in [-0.4, -0.2) is 37.0 Å². The van der Waals surface area contributed by atoms with E-state index in [1.54, 1.807) is 48.9 Å². The van der Waals surface area contributed by atoms with Gasteiger partial charge in [-0.2, -0.15) is 0 Å². The van der Waals surface area contributed by atoms with Crippen LogP contribution >= 0.6 is 0 Å². The molecular formula is C31H32N5O5+. The first kappa shape index (κ1) is 27.8. The molecule has 4 aromatic rings. The predicted octanol–water partition coefficient (Wildman–Crippen LogP) is 3.45. The van der Waals surface area contributed by atoms with Crippen molar-refractivity contribution < 1.29 is 25.0 Å². The highest BCUT2D eigenvalue weighted by molar-refractivity contribution is 5.97. The van der Waals surface area contributed by atoms with Gasteiger partial charge >= 0.3 is 0 Å². The molecule has 0 bridgehead atoms. The second-order valence-corrected chi connectivity index (χ2v) is 10.7. The van der Waals surface area contributed by atoms with Gasteiger partial charge in [0.15, 0.2) is 0 Å². The second-order valence-electron chi connectivity index (χ2n) is 10.7. The quantitative estimate of drug-likeness (QED) is 0.0973. The molecule has 1 aliphatic carbocycles. The third kappa shape index (κ3) is 5.88. The summed E-state index contributed by atoms with van der Waals surface area (Å²) in [4.78, 5) is 30.5. The number of allylic oxidation sites excluding steroid dienone is 3. The summed E-state index contributed by atoms with van der Waals surface area (Å²) in [7, 11) is 0. The molecule has 1 amide bonds. The molecule has 1 saturated carbocycles. The van der Waals surface area contributed by atoms with Crippen LogP contribution in [0.4, 0.5) is 0 Å². The van der Waals surface area contributed by atoms with Crippen molar-refractivity contribution in [3.05, 3.63) is 112 Å². The molecular weight excluding hydrogens is 522 g/mol. The molecule has 210 valence electrons. The SMILES string of the molecule is C/C(=C\C(=C/NO)c1cccc(-n2cc(C(=O)NC3CC3)c(=O)c3cccnc32)c1)c1ccc(C(C)(C)O)[n+](O)c1. The second kappa shape index (κ2) is 11.0. The average molecular weight is 555 g/mol. The fourth-order valence-corrected chi connectivity index (χ4v) is 4.65. The van der Waals surface area contributed by atoms with Crippen LogP contribution in [-0.2, 0) is 5.60 Å². The lowest BCUT2D eigenvalue weighted by Crippen LogP contribution is -2.41. The fourth-order valence-electron chi connectivity index (χ4n) is 4.65. The van der Waals surface area contributed by atoms with E-state index in [1.807, 2.05) is 37.3 Å². The number of hydroxylamine groups is 1. The van der Waals surface area contributed by atoms with Gasteiger partial charge in [0.2, 0.25) is 11.6 Å². The van der Waals surface area contributed by atoms with Crippen LogP contribution in [0.15, 0.2) is 84.2 Å². The summed E-state index contributed by atoms with van der Waals surface area (Å²) in [6.45, 7) is 5.03. The Labute approximate surface area is 236 Å². The van der Waals surface area contributed by atoms with Crippen LogP contribution in [0, 0.1) is 0 Å². The molecule has 10 nitrogen and oxygen atoms in total. The first-order chi connectivity index (χ1) is 19.6. The monoisotopic (exact) mass is 554 g/mol. The molecule has 5 N–H and O–H groups in total. The minimum atomic E-state index is -1.23. The van der Waals surface area contributed by atoms with Crippen molar-refractivity contribution in [2.75, 3.05) is 0 Å². The molecule has 10 heteroatoms. The molecule has 3 heterocycles. The van der Waals surface area contributed by atoms with Gasteiger partial charge in [0, 0.05) is 52.3 Å². The van der Waals surface area contributed by atoms with Crippen LogP contribution < -0.4 is 21.0 Å². The van der Waals surface area contributed by atoms with Gasteiger partial charge in [-0.15, -0.1) is 0 Å². The number of fused-ring (bicyclic) bond motifs is 1. The number of aliphatic hydroxyl groups is 1. The van der Waals surface area contributed by atoms with Crippen molar-refractivity contribution in [3.63, 3.8) is 0 Å². The van der Waals surface area contributed by atoms with Crippen molar-refractivity contribution in [3.8, 4) is 5.69 Å². The number of pyridine rings is 3. The zero-order valence-corrected chi connectivity index (χ0v) is 23.0. The zero-order valence-electron chi connectivity index (χ0n) is 23.0. The van der Waals surface area contributed by atoms with Crippen LogP contribution in [0.1, 0.15) is 60.8 Å². The topological polar surface area (TPSA) is 141 Å². The van der Waals surface area contributed by atoms with Crippen molar-refractivity contribution in [1.82, 2.24) is 20.3 Å². The molecule has 0 aliphatic heterocycles. The van der Waals surface area contributed by atoms with Gasteiger partial charge in [-0.25, -0.2) is 4.98 Å². The average Bonchev–Trinajstić information content (AvgIpc) is 3.76. The highest BCUT2D eigenvalue weighted by Crippen LogP contribution is 2.26. The maximum atomic E-state index is 13.2. The number of nitrogens with one attached hydrogen (secondary N) is 2. The molecule has 1 aliphatic rings. The third-order valence-electron chi connectivity index (χ3n) is 6.98. The Kier molecular flexibility index (Phi) is 7.44. The number of aromatic nitrogens is 3.